The second kappa shape index (κ2) is 6.92. The lowest BCUT2D eigenvalue weighted by Gasteiger charge is -2.14. The van der Waals surface area contributed by atoms with Crippen LogP contribution in [0.25, 0.3) is 10.8 Å². The third-order valence-electron chi connectivity index (χ3n) is 3.49. The smallest absolute Gasteiger partial charge is 0.308 e. The number of hydrogen-bond donors (Lipinski definition) is 2. The molecule has 5 nitrogen and oxygen atoms in total. The van der Waals surface area contributed by atoms with Gasteiger partial charge < -0.3 is 15.2 Å². The predicted molar refractivity (Wildman–Crippen MR) is 82.8 cm³/mol. The number of methoxy groups -OCH3 is 1. The number of hydrogen-bond acceptors (Lipinski definition) is 4. The topological polar surface area (TPSA) is 71.5 Å². The second-order valence-electron chi connectivity index (χ2n) is 4.92. The van der Waals surface area contributed by atoms with Gasteiger partial charge in [0.2, 0.25) is 0 Å². The molecule has 0 saturated heterocycles. The molecule has 0 amide bonds. The first-order chi connectivity index (χ1) is 10.2. The molecule has 0 aliphatic rings. The maximum atomic E-state index is 11.2. The van der Waals surface area contributed by atoms with Gasteiger partial charge >= 0.3 is 5.97 Å². The molecule has 1 aromatic carbocycles. The van der Waals surface area contributed by atoms with Crippen LogP contribution in [0.2, 0.25) is 0 Å². The highest BCUT2D eigenvalue weighted by molar-refractivity contribution is 5.95. The minimum Gasteiger partial charge on any atom is -0.496 e. The van der Waals surface area contributed by atoms with E-state index < -0.39 is 11.9 Å². The van der Waals surface area contributed by atoms with E-state index in [2.05, 4.69) is 10.3 Å². The van der Waals surface area contributed by atoms with Gasteiger partial charge in [-0.05, 0) is 18.6 Å². The third kappa shape index (κ3) is 3.42. The fourth-order valence-electron chi connectivity index (χ4n) is 2.38. The van der Waals surface area contributed by atoms with E-state index in [1.807, 2.05) is 31.2 Å². The van der Waals surface area contributed by atoms with Crippen molar-refractivity contribution in [2.45, 2.75) is 19.8 Å². The molecule has 2 aromatic rings. The first-order valence-corrected chi connectivity index (χ1v) is 7.05. The molecular weight excluding hydrogens is 268 g/mol. The number of ether oxygens (including phenoxy) is 1. The van der Waals surface area contributed by atoms with Crippen LogP contribution in [0.15, 0.2) is 30.5 Å². The summed E-state index contributed by atoms with van der Waals surface area (Å²) in [4.78, 5) is 15.5. The zero-order chi connectivity index (χ0) is 15.2. The quantitative estimate of drug-likeness (QED) is 0.819. The van der Waals surface area contributed by atoms with Crippen molar-refractivity contribution in [2.24, 2.45) is 5.92 Å². The Bertz CT molecular complexity index is 628. The lowest BCUT2D eigenvalue weighted by Crippen LogP contribution is -2.23. The molecule has 0 fully saturated rings. The van der Waals surface area contributed by atoms with Crippen molar-refractivity contribution >= 4 is 22.6 Å². The Balaban J connectivity index is 2.24. The maximum Gasteiger partial charge on any atom is 0.308 e. The number of benzene rings is 1. The largest absolute Gasteiger partial charge is 0.496 e. The van der Waals surface area contributed by atoms with Crippen molar-refractivity contribution < 1.29 is 14.6 Å². The molecule has 2 N–H and O–H groups in total. The molecule has 0 aliphatic heterocycles. The Kier molecular flexibility index (Phi) is 4.98. The van der Waals surface area contributed by atoms with Crippen LogP contribution >= 0.6 is 0 Å². The Hall–Kier alpha value is -2.30. The lowest BCUT2D eigenvalue weighted by molar-refractivity contribution is -0.141. The summed E-state index contributed by atoms with van der Waals surface area (Å²) in [6.45, 7) is 2.35. The summed E-state index contributed by atoms with van der Waals surface area (Å²) in [5.74, 6) is 0.287. The average molecular weight is 288 g/mol. The van der Waals surface area contributed by atoms with E-state index in [1.54, 1.807) is 13.3 Å². The van der Waals surface area contributed by atoms with E-state index in [0.717, 1.165) is 22.9 Å². The van der Waals surface area contributed by atoms with Crippen LogP contribution in [0, 0.1) is 5.92 Å². The van der Waals surface area contributed by atoms with E-state index in [4.69, 9.17) is 4.74 Å². The van der Waals surface area contributed by atoms with Crippen LogP contribution in [0.1, 0.15) is 19.8 Å². The van der Waals surface area contributed by atoms with Gasteiger partial charge in [-0.2, -0.15) is 0 Å². The fraction of sp³-hybridized carbons (Fsp3) is 0.375. The Morgan fingerprint density at radius 1 is 1.38 bits per heavy atom. The summed E-state index contributed by atoms with van der Waals surface area (Å²) < 4.78 is 5.34. The zero-order valence-electron chi connectivity index (χ0n) is 12.3. The average Bonchev–Trinajstić information content (AvgIpc) is 2.50. The first-order valence-electron chi connectivity index (χ1n) is 7.05. The first kappa shape index (κ1) is 15.1. The maximum absolute atomic E-state index is 11.2. The number of aliphatic carboxylic acids is 1. The highest BCUT2D eigenvalue weighted by Crippen LogP contribution is 2.29. The molecule has 5 heteroatoms. The Morgan fingerprint density at radius 2 is 2.19 bits per heavy atom. The molecule has 1 atom stereocenters. The van der Waals surface area contributed by atoms with E-state index in [-0.39, 0.29) is 0 Å². The number of rotatable bonds is 7. The molecule has 1 heterocycles. The standard InChI is InChI=1S/C16H20N2O3/c1-3-5-11(16(19)20)10-18-15-13-6-4-7-14(21-2)12(13)8-9-17-15/h4,6-9,11H,3,5,10H2,1-2H3,(H,17,18)(H,19,20). The number of aromatic nitrogens is 1. The second-order valence-corrected chi connectivity index (χ2v) is 4.92. The van der Waals surface area contributed by atoms with Crippen molar-refractivity contribution in [3.63, 3.8) is 0 Å². The summed E-state index contributed by atoms with van der Waals surface area (Å²) in [5, 5.41) is 14.2. The van der Waals surface area contributed by atoms with Crippen LogP contribution in [-0.4, -0.2) is 29.7 Å². The number of carbonyl (C=O) groups is 1. The third-order valence-corrected chi connectivity index (χ3v) is 3.49. The normalized spacial score (nSPS) is 12.1. The summed E-state index contributed by atoms with van der Waals surface area (Å²) >= 11 is 0. The van der Waals surface area contributed by atoms with Crippen molar-refractivity contribution in [2.75, 3.05) is 19.0 Å². The predicted octanol–water partition coefficient (Wildman–Crippen LogP) is 3.16. The van der Waals surface area contributed by atoms with Gasteiger partial charge in [-0.1, -0.05) is 25.5 Å². The molecule has 21 heavy (non-hydrogen) atoms. The number of anilines is 1. The zero-order valence-corrected chi connectivity index (χ0v) is 12.3. The van der Waals surface area contributed by atoms with Gasteiger partial charge in [0.15, 0.2) is 0 Å². The van der Waals surface area contributed by atoms with E-state index >= 15 is 0 Å². The molecule has 2 rings (SSSR count). The van der Waals surface area contributed by atoms with Gasteiger partial charge in [-0.25, -0.2) is 4.98 Å². The van der Waals surface area contributed by atoms with Crippen molar-refractivity contribution in [3.8, 4) is 5.75 Å². The summed E-state index contributed by atoms with van der Waals surface area (Å²) in [5.41, 5.74) is 0. The highest BCUT2D eigenvalue weighted by Gasteiger charge is 2.16. The van der Waals surface area contributed by atoms with Gasteiger partial charge in [0.1, 0.15) is 11.6 Å². The number of pyridine rings is 1. The van der Waals surface area contributed by atoms with Gasteiger partial charge in [0.25, 0.3) is 0 Å². The minimum absolute atomic E-state index is 0.368. The molecule has 0 aliphatic carbocycles. The molecule has 1 unspecified atom stereocenters. The fourth-order valence-corrected chi connectivity index (χ4v) is 2.38. The van der Waals surface area contributed by atoms with Gasteiger partial charge in [0.05, 0.1) is 13.0 Å². The van der Waals surface area contributed by atoms with E-state index in [1.165, 1.54) is 0 Å². The van der Waals surface area contributed by atoms with Crippen molar-refractivity contribution in [3.05, 3.63) is 30.5 Å². The molecule has 1 aromatic heterocycles. The van der Waals surface area contributed by atoms with Crippen molar-refractivity contribution in [1.82, 2.24) is 4.98 Å². The minimum atomic E-state index is -0.776. The SMILES string of the molecule is CCCC(CNc1nccc2c(OC)cccc12)C(=O)O. The number of carboxylic acid groups (broad SMARTS) is 1. The van der Waals surface area contributed by atoms with Crippen molar-refractivity contribution in [1.29, 1.82) is 0 Å². The highest BCUT2D eigenvalue weighted by atomic mass is 16.5. The van der Waals surface area contributed by atoms with Gasteiger partial charge in [-0.15, -0.1) is 0 Å². The molecule has 112 valence electrons. The lowest BCUT2D eigenvalue weighted by atomic mass is 10.0. The number of nitrogens with one attached hydrogen (secondary N) is 1. The van der Waals surface area contributed by atoms with Crippen LogP contribution in [0.4, 0.5) is 5.82 Å². The Morgan fingerprint density at radius 3 is 2.86 bits per heavy atom. The number of fused-ring (bicyclic) bond motifs is 1. The number of nitrogens with zero attached hydrogens (tertiary/aromatic N) is 1. The Labute approximate surface area is 124 Å². The van der Waals surface area contributed by atoms with Crippen LogP contribution in [0.3, 0.4) is 0 Å². The van der Waals surface area contributed by atoms with Crippen LogP contribution in [-0.2, 0) is 4.79 Å². The van der Waals surface area contributed by atoms with E-state index in [0.29, 0.717) is 18.8 Å². The van der Waals surface area contributed by atoms with E-state index in [9.17, 15) is 9.90 Å². The molecule has 0 saturated carbocycles. The summed E-state index contributed by atoms with van der Waals surface area (Å²) in [6, 6.07) is 7.63. The van der Waals surface area contributed by atoms with Gasteiger partial charge in [-0.3, -0.25) is 4.79 Å². The summed E-state index contributed by atoms with van der Waals surface area (Å²) in [7, 11) is 1.63. The molecule has 0 spiro atoms. The van der Waals surface area contributed by atoms with Crippen LogP contribution in [0.5, 0.6) is 5.75 Å². The van der Waals surface area contributed by atoms with Gasteiger partial charge in [0, 0.05) is 23.5 Å². The molecular formula is C16H20N2O3. The monoisotopic (exact) mass is 288 g/mol. The van der Waals surface area contributed by atoms with Crippen LogP contribution < -0.4 is 10.1 Å². The number of carboxylic acids is 1. The molecule has 0 radical (unpaired) electrons. The molecule has 0 bridgehead atoms. The summed E-state index contributed by atoms with van der Waals surface area (Å²) in [6.07, 6.45) is 3.19.